The van der Waals surface area contributed by atoms with Gasteiger partial charge >= 0.3 is 0 Å². The number of hydrogen-bond acceptors (Lipinski definition) is 3. The van der Waals surface area contributed by atoms with E-state index in [1.54, 1.807) is 0 Å². The van der Waals surface area contributed by atoms with Gasteiger partial charge in [0.15, 0.2) is 0 Å². The van der Waals surface area contributed by atoms with E-state index < -0.39 is 0 Å². The van der Waals surface area contributed by atoms with Crippen molar-refractivity contribution in [1.82, 2.24) is 0 Å². The molecular weight excluding hydrogens is 248 g/mol. The van der Waals surface area contributed by atoms with Gasteiger partial charge in [-0.2, -0.15) is 0 Å². The molecule has 3 heteroatoms. The van der Waals surface area contributed by atoms with Crippen LogP contribution >= 0.6 is 0 Å². The highest BCUT2D eigenvalue weighted by atomic mass is 16.5. The fourth-order valence-electron chi connectivity index (χ4n) is 3.32. The molecule has 0 unspecified atom stereocenters. The number of anilines is 1. The van der Waals surface area contributed by atoms with Crippen molar-refractivity contribution in [3.05, 3.63) is 24.3 Å². The fourth-order valence-corrected chi connectivity index (χ4v) is 3.32. The SMILES string of the molecule is NC1CCN(c2cccc(OCC3CCCC3)c2)CC1. The molecule has 1 saturated carbocycles. The second kappa shape index (κ2) is 6.49. The maximum absolute atomic E-state index is 5.99. The zero-order valence-electron chi connectivity index (χ0n) is 12.3. The molecule has 1 aliphatic carbocycles. The minimum absolute atomic E-state index is 0.382. The number of rotatable bonds is 4. The Morgan fingerprint density at radius 1 is 1.10 bits per heavy atom. The lowest BCUT2D eigenvalue weighted by molar-refractivity contribution is 0.252. The van der Waals surface area contributed by atoms with Crippen molar-refractivity contribution in [2.45, 2.75) is 44.6 Å². The molecule has 1 heterocycles. The Morgan fingerprint density at radius 3 is 2.60 bits per heavy atom. The van der Waals surface area contributed by atoms with Crippen LogP contribution in [0, 0.1) is 5.92 Å². The first-order valence-electron chi connectivity index (χ1n) is 8.04. The monoisotopic (exact) mass is 274 g/mol. The summed E-state index contributed by atoms with van der Waals surface area (Å²) < 4.78 is 5.99. The first-order chi connectivity index (χ1) is 9.81. The van der Waals surface area contributed by atoms with Crippen LogP contribution in [-0.2, 0) is 0 Å². The topological polar surface area (TPSA) is 38.5 Å². The molecule has 0 bridgehead atoms. The number of benzene rings is 1. The van der Waals surface area contributed by atoms with Gasteiger partial charge in [-0.05, 0) is 43.7 Å². The normalized spacial score (nSPS) is 21.4. The highest BCUT2D eigenvalue weighted by Gasteiger charge is 2.18. The Morgan fingerprint density at radius 2 is 1.85 bits per heavy atom. The standard InChI is InChI=1S/C17H26N2O/c18-15-8-10-19(11-9-15)16-6-3-7-17(12-16)20-13-14-4-1-2-5-14/h3,6-7,12,14-15H,1-2,4-5,8-11,13,18H2. The molecule has 2 aliphatic rings. The van der Waals surface area contributed by atoms with Crippen molar-refractivity contribution < 1.29 is 4.74 Å². The molecule has 0 amide bonds. The molecule has 0 spiro atoms. The van der Waals surface area contributed by atoms with Crippen LogP contribution in [0.25, 0.3) is 0 Å². The van der Waals surface area contributed by atoms with Gasteiger partial charge in [0, 0.05) is 30.9 Å². The summed E-state index contributed by atoms with van der Waals surface area (Å²) in [5.41, 5.74) is 7.25. The third-order valence-corrected chi connectivity index (χ3v) is 4.68. The quantitative estimate of drug-likeness (QED) is 0.916. The number of piperidine rings is 1. The van der Waals surface area contributed by atoms with Crippen LogP contribution in [0.15, 0.2) is 24.3 Å². The molecular formula is C17H26N2O. The summed E-state index contributed by atoms with van der Waals surface area (Å²) >= 11 is 0. The largest absolute Gasteiger partial charge is 0.493 e. The van der Waals surface area contributed by atoms with Crippen molar-refractivity contribution in [2.24, 2.45) is 11.7 Å². The summed E-state index contributed by atoms with van der Waals surface area (Å²) in [6, 6.07) is 8.93. The van der Waals surface area contributed by atoms with Crippen LogP contribution in [-0.4, -0.2) is 25.7 Å². The number of nitrogens with two attached hydrogens (primary N) is 1. The van der Waals surface area contributed by atoms with Gasteiger partial charge in [0.2, 0.25) is 0 Å². The first kappa shape index (κ1) is 13.7. The molecule has 1 aromatic rings. The van der Waals surface area contributed by atoms with Crippen LogP contribution in [0.1, 0.15) is 38.5 Å². The summed E-state index contributed by atoms with van der Waals surface area (Å²) in [4.78, 5) is 2.42. The number of ether oxygens (including phenoxy) is 1. The third-order valence-electron chi connectivity index (χ3n) is 4.68. The molecule has 20 heavy (non-hydrogen) atoms. The number of nitrogens with zero attached hydrogens (tertiary/aromatic N) is 1. The molecule has 3 rings (SSSR count). The molecule has 0 radical (unpaired) electrons. The lowest BCUT2D eigenvalue weighted by Crippen LogP contribution is -2.39. The maximum atomic E-state index is 5.99. The van der Waals surface area contributed by atoms with Crippen LogP contribution < -0.4 is 15.4 Å². The summed E-state index contributed by atoms with van der Waals surface area (Å²) in [6.07, 6.45) is 7.61. The van der Waals surface area contributed by atoms with Crippen LogP contribution in [0.3, 0.4) is 0 Å². The van der Waals surface area contributed by atoms with Gasteiger partial charge in [-0.3, -0.25) is 0 Å². The van der Waals surface area contributed by atoms with E-state index in [9.17, 15) is 0 Å². The minimum Gasteiger partial charge on any atom is -0.493 e. The van der Waals surface area contributed by atoms with Gasteiger partial charge in [0.25, 0.3) is 0 Å². The Kier molecular flexibility index (Phi) is 4.46. The van der Waals surface area contributed by atoms with E-state index in [-0.39, 0.29) is 0 Å². The Labute approximate surface area is 122 Å². The van der Waals surface area contributed by atoms with E-state index >= 15 is 0 Å². The van der Waals surface area contributed by atoms with E-state index in [1.165, 1.54) is 31.4 Å². The molecule has 0 aromatic heterocycles. The molecule has 2 N–H and O–H groups in total. The van der Waals surface area contributed by atoms with Crippen molar-refractivity contribution in [2.75, 3.05) is 24.6 Å². The lowest BCUT2D eigenvalue weighted by atomic mass is 10.1. The van der Waals surface area contributed by atoms with E-state index in [0.29, 0.717) is 6.04 Å². The highest BCUT2D eigenvalue weighted by Crippen LogP contribution is 2.27. The zero-order valence-corrected chi connectivity index (χ0v) is 12.3. The van der Waals surface area contributed by atoms with Crippen molar-refractivity contribution in [3.8, 4) is 5.75 Å². The lowest BCUT2D eigenvalue weighted by Gasteiger charge is -2.32. The van der Waals surface area contributed by atoms with Gasteiger partial charge in [-0.15, -0.1) is 0 Å². The number of hydrogen-bond donors (Lipinski definition) is 1. The summed E-state index contributed by atoms with van der Waals surface area (Å²) in [7, 11) is 0. The highest BCUT2D eigenvalue weighted by molar-refractivity contribution is 5.51. The van der Waals surface area contributed by atoms with E-state index in [1.807, 2.05) is 0 Å². The molecule has 1 aliphatic heterocycles. The molecule has 1 aromatic carbocycles. The van der Waals surface area contributed by atoms with E-state index in [0.717, 1.165) is 44.2 Å². The Balaban J connectivity index is 1.57. The Hall–Kier alpha value is -1.22. The first-order valence-corrected chi connectivity index (χ1v) is 8.04. The smallest absolute Gasteiger partial charge is 0.121 e. The average molecular weight is 274 g/mol. The molecule has 3 nitrogen and oxygen atoms in total. The second-order valence-corrected chi connectivity index (χ2v) is 6.28. The van der Waals surface area contributed by atoms with Gasteiger partial charge in [0.05, 0.1) is 6.61 Å². The van der Waals surface area contributed by atoms with Crippen LogP contribution in [0.4, 0.5) is 5.69 Å². The fraction of sp³-hybridized carbons (Fsp3) is 0.647. The third kappa shape index (κ3) is 3.45. The molecule has 110 valence electrons. The van der Waals surface area contributed by atoms with Crippen LogP contribution in [0.5, 0.6) is 5.75 Å². The van der Waals surface area contributed by atoms with E-state index in [4.69, 9.17) is 10.5 Å². The van der Waals surface area contributed by atoms with Crippen molar-refractivity contribution in [1.29, 1.82) is 0 Å². The van der Waals surface area contributed by atoms with Gasteiger partial charge in [-0.25, -0.2) is 0 Å². The molecule has 1 saturated heterocycles. The van der Waals surface area contributed by atoms with Gasteiger partial charge < -0.3 is 15.4 Å². The van der Waals surface area contributed by atoms with Crippen molar-refractivity contribution >= 4 is 5.69 Å². The minimum atomic E-state index is 0.382. The summed E-state index contributed by atoms with van der Waals surface area (Å²) in [5.74, 6) is 1.79. The summed E-state index contributed by atoms with van der Waals surface area (Å²) in [5, 5.41) is 0. The van der Waals surface area contributed by atoms with Gasteiger partial charge in [-0.1, -0.05) is 18.9 Å². The molecule has 2 fully saturated rings. The zero-order chi connectivity index (χ0) is 13.8. The Bertz CT molecular complexity index is 421. The van der Waals surface area contributed by atoms with Crippen molar-refractivity contribution in [3.63, 3.8) is 0 Å². The van der Waals surface area contributed by atoms with E-state index in [2.05, 4.69) is 29.2 Å². The summed E-state index contributed by atoms with van der Waals surface area (Å²) in [6.45, 7) is 3.01. The maximum Gasteiger partial charge on any atom is 0.121 e. The predicted molar refractivity (Wildman–Crippen MR) is 83.3 cm³/mol. The van der Waals surface area contributed by atoms with Crippen LogP contribution in [0.2, 0.25) is 0 Å². The molecule has 0 atom stereocenters. The average Bonchev–Trinajstić information content (AvgIpc) is 3.00. The predicted octanol–water partition coefficient (Wildman–Crippen LogP) is 3.18. The second-order valence-electron chi connectivity index (χ2n) is 6.28. The van der Waals surface area contributed by atoms with Gasteiger partial charge in [0.1, 0.15) is 5.75 Å².